The summed E-state index contributed by atoms with van der Waals surface area (Å²) in [5, 5.41) is 3.47. The Hall–Kier alpha value is -1.16. The fraction of sp³-hybridized carbons (Fsp3) is 0.733. The monoisotopic (exact) mass is 260 g/mol. The van der Waals surface area contributed by atoms with Crippen molar-refractivity contribution in [1.29, 1.82) is 0 Å². The number of aryl methyl sites for hydroxylation is 1. The van der Waals surface area contributed by atoms with E-state index in [4.69, 9.17) is 0 Å². The molecule has 0 bridgehead atoms. The zero-order valence-electron chi connectivity index (χ0n) is 11.8. The normalized spacial score (nSPS) is 22.7. The highest BCUT2D eigenvalue weighted by Crippen LogP contribution is 2.31. The average molecular weight is 260 g/mol. The van der Waals surface area contributed by atoms with Crippen molar-refractivity contribution < 1.29 is 0 Å². The van der Waals surface area contributed by atoms with Crippen molar-refractivity contribution in [3.63, 3.8) is 0 Å². The van der Waals surface area contributed by atoms with Gasteiger partial charge < -0.3 is 10.2 Å². The fourth-order valence-electron chi connectivity index (χ4n) is 3.52. The van der Waals surface area contributed by atoms with Gasteiger partial charge in [0.15, 0.2) is 0 Å². The van der Waals surface area contributed by atoms with Crippen molar-refractivity contribution in [2.24, 2.45) is 11.8 Å². The second-order valence-electron chi connectivity index (χ2n) is 5.93. The quantitative estimate of drug-likeness (QED) is 0.883. The van der Waals surface area contributed by atoms with Crippen molar-refractivity contribution in [2.75, 3.05) is 31.1 Å². The van der Waals surface area contributed by atoms with E-state index in [-0.39, 0.29) is 0 Å². The van der Waals surface area contributed by atoms with Crippen LogP contribution in [0.1, 0.15) is 31.4 Å². The van der Waals surface area contributed by atoms with Gasteiger partial charge in [-0.3, -0.25) is 4.98 Å². The third-order valence-electron chi connectivity index (χ3n) is 4.66. The molecule has 0 unspecified atom stereocenters. The molecule has 1 N–H and O–H groups in total. The molecule has 2 aliphatic heterocycles. The predicted molar refractivity (Wildman–Crippen MR) is 77.3 cm³/mol. The molecule has 4 heteroatoms. The molecule has 19 heavy (non-hydrogen) atoms. The number of hydrogen-bond donors (Lipinski definition) is 1. The van der Waals surface area contributed by atoms with Gasteiger partial charge in [-0.2, -0.15) is 0 Å². The number of aromatic nitrogens is 2. The zero-order valence-corrected chi connectivity index (χ0v) is 11.8. The molecule has 2 fully saturated rings. The first kappa shape index (κ1) is 12.9. The zero-order chi connectivity index (χ0) is 13.1. The van der Waals surface area contributed by atoms with Crippen molar-refractivity contribution in [2.45, 2.75) is 32.6 Å². The minimum atomic E-state index is 0.927. The molecule has 1 aromatic rings. The largest absolute Gasteiger partial charge is 0.355 e. The van der Waals surface area contributed by atoms with E-state index in [0.29, 0.717) is 0 Å². The molecule has 0 atom stereocenters. The van der Waals surface area contributed by atoms with E-state index in [1.165, 1.54) is 38.8 Å². The lowest BCUT2D eigenvalue weighted by atomic mass is 9.79. The lowest BCUT2D eigenvalue weighted by molar-refractivity contribution is 0.221. The number of piperidine rings is 2. The first-order valence-corrected chi connectivity index (χ1v) is 7.57. The SMILES string of the molecule is Cc1cncc(N2CCC(C3CCNCC3)CC2)n1. The molecule has 3 heterocycles. The average Bonchev–Trinajstić information content (AvgIpc) is 2.48. The first-order valence-electron chi connectivity index (χ1n) is 7.57. The Bertz CT molecular complexity index is 406. The maximum atomic E-state index is 4.59. The fourth-order valence-corrected chi connectivity index (χ4v) is 3.52. The Morgan fingerprint density at radius 1 is 1.05 bits per heavy atom. The van der Waals surface area contributed by atoms with Gasteiger partial charge in [0.1, 0.15) is 5.82 Å². The van der Waals surface area contributed by atoms with Gasteiger partial charge in [-0.1, -0.05) is 0 Å². The Labute approximate surface area is 115 Å². The molecule has 2 aliphatic rings. The van der Waals surface area contributed by atoms with Crippen LogP contribution in [0.2, 0.25) is 0 Å². The number of anilines is 1. The van der Waals surface area contributed by atoms with Crippen LogP contribution < -0.4 is 10.2 Å². The molecule has 0 radical (unpaired) electrons. The van der Waals surface area contributed by atoms with Crippen molar-refractivity contribution in [3.8, 4) is 0 Å². The first-order chi connectivity index (χ1) is 9.33. The van der Waals surface area contributed by atoms with Crippen LogP contribution in [0.5, 0.6) is 0 Å². The summed E-state index contributed by atoms with van der Waals surface area (Å²) in [6, 6.07) is 0. The highest BCUT2D eigenvalue weighted by Gasteiger charge is 2.27. The third-order valence-corrected chi connectivity index (χ3v) is 4.66. The molecule has 0 spiro atoms. The van der Waals surface area contributed by atoms with Crippen LogP contribution in [-0.4, -0.2) is 36.1 Å². The number of hydrogen-bond acceptors (Lipinski definition) is 4. The maximum absolute atomic E-state index is 4.59. The van der Waals surface area contributed by atoms with Crippen LogP contribution in [0.25, 0.3) is 0 Å². The smallest absolute Gasteiger partial charge is 0.147 e. The summed E-state index contributed by atoms with van der Waals surface area (Å²) in [6.07, 6.45) is 9.10. The summed E-state index contributed by atoms with van der Waals surface area (Å²) in [6.45, 7) is 6.74. The second-order valence-corrected chi connectivity index (χ2v) is 5.93. The molecule has 0 aliphatic carbocycles. The van der Waals surface area contributed by atoms with Crippen LogP contribution in [-0.2, 0) is 0 Å². The Morgan fingerprint density at radius 3 is 2.42 bits per heavy atom. The topological polar surface area (TPSA) is 41.1 Å². The number of rotatable bonds is 2. The molecule has 3 rings (SSSR count). The highest BCUT2D eigenvalue weighted by molar-refractivity contribution is 5.36. The van der Waals surface area contributed by atoms with Gasteiger partial charge in [-0.15, -0.1) is 0 Å². The van der Waals surface area contributed by atoms with Crippen LogP contribution in [0, 0.1) is 18.8 Å². The third kappa shape index (κ3) is 3.06. The molecule has 0 aromatic carbocycles. The van der Waals surface area contributed by atoms with Crippen molar-refractivity contribution in [3.05, 3.63) is 18.1 Å². The Morgan fingerprint density at radius 2 is 1.74 bits per heavy atom. The van der Waals surface area contributed by atoms with E-state index in [9.17, 15) is 0 Å². The predicted octanol–water partition coefficient (Wildman–Crippen LogP) is 2.00. The van der Waals surface area contributed by atoms with E-state index in [2.05, 4.69) is 20.2 Å². The lowest BCUT2D eigenvalue weighted by Crippen LogP contribution is -2.39. The van der Waals surface area contributed by atoms with Crippen LogP contribution in [0.4, 0.5) is 5.82 Å². The summed E-state index contributed by atoms with van der Waals surface area (Å²) in [5.41, 5.74) is 1.01. The number of nitrogens with zero attached hydrogens (tertiary/aromatic N) is 3. The Balaban J connectivity index is 1.57. The van der Waals surface area contributed by atoms with E-state index in [1.54, 1.807) is 0 Å². The summed E-state index contributed by atoms with van der Waals surface area (Å²) >= 11 is 0. The molecule has 2 saturated heterocycles. The Kier molecular flexibility index (Phi) is 3.97. The molecule has 1 aromatic heterocycles. The van der Waals surface area contributed by atoms with Gasteiger partial charge >= 0.3 is 0 Å². The molecular formula is C15H24N4. The summed E-state index contributed by atoms with van der Waals surface area (Å²) in [7, 11) is 0. The highest BCUT2D eigenvalue weighted by atomic mass is 15.2. The van der Waals surface area contributed by atoms with Crippen LogP contribution >= 0.6 is 0 Å². The van der Waals surface area contributed by atoms with Gasteiger partial charge in [-0.25, -0.2) is 4.98 Å². The van der Waals surface area contributed by atoms with Gasteiger partial charge in [0, 0.05) is 19.3 Å². The molecule has 4 nitrogen and oxygen atoms in total. The van der Waals surface area contributed by atoms with Crippen molar-refractivity contribution >= 4 is 5.82 Å². The van der Waals surface area contributed by atoms with Crippen LogP contribution in [0.3, 0.4) is 0 Å². The summed E-state index contributed by atoms with van der Waals surface area (Å²) in [5.74, 6) is 2.94. The van der Waals surface area contributed by atoms with Crippen molar-refractivity contribution in [1.82, 2.24) is 15.3 Å². The summed E-state index contributed by atoms with van der Waals surface area (Å²) in [4.78, 5) is 11.2. The van der Waals surface area contributed by atoms with E-state index in [0.717, 1.165) is 36.4 Å². The van der Waals surface area contributed by atoms with Gasteiger partial charge in [0.05, 0.1) is 11.9 Å². The molecule has 104 valence electrons. The number of nitrogens with one attached hydrogen (secondary N) is 1. The van der Waals surface area contributed by atoms with Crippen LogP contribution in [0.15, 0.2) is 12.4 Å². The van der Waals surface area contributed by atoms with E-state index < -0.39 is 0 Å². The van der Waals surface area contributed by atoms with E-state index in [1.807, 2.05) is 19.3 Å². The standard InChI is InChI=1S/C15H24N4/c1-12-10-17-11-15(18-12)19-8-4-14(5-9-19)13-2-6-16-7-3-13/h10-11,13-14,16H,2-9H2,1H3. The lowest BCUT2D eigenvalue weighted by Gasteiger charge is -2.38. The maximum Gasteiger partial charge on any atom is 0.147 e. The van der Waals surface area contributed by atoms with Gasteiger partial charge in [0.25, 0.3) is 0 Å². The minimum absolute atomic E-state index is 0.927. The summed E-state index contributed by atoms with van der Waals surface area (Å²) < 4.78 is 0. The minimum Gasteiger partial charge on any atom is -0.355 e. The van der Waals surface area contributed by atoms with Gasteiger partial charge in [0.2, 0.25) is 0 Å². The van der Waals surface area contributed by atoms with Gasteiger partial charge in [-0.05, 0) is 57.5 Å². The molecule has 0 saturated carbocycles. The van der Waals surface area contributed by atoms with E-state index >= 15 is 0 Å². The second kappa shape index (κ2) is 5.87. The molecular weight excluding hydrogens is 236 g/mol. The molecule has 0 amide bonds.